The molecule has 0 fully saturated rings. The Morgan fingerprint density at radius 2 is 1.89 bits per heavy atom. The van der Waals surface area contributed by atoms with Gasteiger partial charge < -0.3 is 16.4 Å². The Balaban J connectivity index is 2.11. The van der Waals surface area contributed by atoms with Crippen LogP contribution in [0.15, 0.2) is 42.6 Å². The highest BCUT2D eigenvalue weighted by molar-refractivity contribution is 5.95. The molecule has 27 heavy (non-hydrogen) atoms. The Morgan fingerprint density at radius 3 is 2.52 bits per heavy atom. The summed E-state index contributed by atoms with van der Waals surface area (Å²) >= 11 is 0. The van der Waals surface area contributed by atoms with Crippen molar-refractivity contribution >= 4 is 17.4 Å². The van der Waals surface area contributed by atoms with Crippen molar-refractivity contribution in [3.05, 3.63) is 53.7 Å². The summed E-state index contributed by atoms with van der Waals surface area (Å²) in [7, 11) is 0. The van der Waals surface area contributed by atoms with Crippen LogP contribution in [-0.4, -0.2) is 33.9 Å². The number of nitrogens with one attached hydrogen (secondary N) is 2. The van der Waals surface area contributed by atoms with E-state index in [1.165, 1.54) is 5.56 Å². The molecule has 0 bridgehead atoms. The molecule has 0 saturated heterocycles. The first-order chi connectivity index (χ1) is 12.8. The van der Waals surface area contributed by atoms with E-state index >= 15 is 0 Å². The van der Waals surface area contributed by atoms with Crippen LogP contribution >= 0.6 is 0 Å². The Bertz CT molecular complexity index is 951. The number of aromatic nitrogens is 2. The number of carbonyl (C=O) groups excluding carboxylic acids is 1. The number of hydrogen-bond acceptors (Lipinski definition) is 4. The van der Waals surface area contributed by atoms with Crippen molar-refractivity contribution in [2.75, 3.05) is 18.4 Å². The van der Waals surface area contributed by atoms with Crippen molar-refractivity contribution in [2.45, 2.75) is 33.2 Å². The highest BCUT2D eigenvalue weighted by Crippen LogP contribution is 2.31. The summed E-state index contributed by atoms with van der Waals surface area (Å²) in [4.78, 5) is 17.1. The molecule has 0 spiro atoms. The molecule has 0 atom stereocenters. The predicted molar refractivity (Wildman–Crippen MR) is 110 cm³/mol. The second-order valence-corrected chi connectivity index (χ2v) is 7.74. The molecule has 2 aromatic heterocycles. The number of nitrogens with zero attached hydrogens (tertiary/aromatic N) is 2. The van der Waals surface area contributed by atoms with Gasteiger partial charge in [-0.15, -0.1) is 0 Å². The number of benzene rings is 1. The highest BCUT2D eigenvalue weighted by Gasteiger charge is 2.20. The molecule has 0 radical (unpaired) electrons. The van der Waals surface area contributed by atoms with E-state index < -0.39 is 0 Å². The molecular weight excluding hydrogens is 338 g/mol. The summed E-state index contributed by atoms with van der Waals surface area (Å²) in [6, 6.07) is 11.9. The van der Waals surface area contributed by atoms with Crippen LogP contribution in [0.2, 0.25) is 0 Å². The summed E-state index contributed by atoms with van der Waals surface area (Å²) in [6.45, 7) is 9.26. The van der Waals surface area contributed by atoms with Crippen LogP contribution in [-0.2, 0) is 0 Å². The van der Waals surface area contributed by atoms with Crippen molar-refractivity contribution in [1.29, 1.82) is 0 Å². The van der Waals surface area contributed by atoms with Gasteiger partial charge in [0.05, 0.1) is 0 Å². The van der Waals surface area contributed by atoms with Gasteiger partial charge in [0.1, 0.15) is 17.2 Å². The number of hydrogen-bond donors (Lipinski definition) is 3. The Kier molecular flexibility index (Phi) is 5.19. The third kappa shape index (κ3) is 4.28. The second-order valence-electron chi connectivity index (χ2n) is 7.74. The molecule has 1 aromatic carbocycles. The zero-order chi connectivity index (χ0) is 19.6. The van der Waals surface area contributed by atoms with Crippen molar-refractivity contribution in [2.24, 2.45) is 5.73 Å². The first kappa shape index (κ1) is 18.9. The highest BCUT2D eigenvalue weighted by atomic mass is 16.1. The molecule has 0 unspecified atom stereocenters. The van der Waals surface area contributed by atoms with E-state index in [0.29, 0.717) is 18.7 Å². The molecule has 0 aliphatic heterocycles. The molecule has 142 valence electrons. The quantitative estimate of drug-likeness (QED) is 0.648. The first-order valence-electron chi connectivity index (χ1n) is 9.14. The van der Waals surface area contributed by atoms with Gasteiger partial charge in [-0.05, 0) is 39.8 Å². The number of aryl methyl sites for hydroxylation is 1. The fourth-order valence-electron chi connectivity index (χ4n) is 2.86. The standard InChI is InChI=1S/C21H27N5O/c1-14-5-7-15(8-6-14)18-19(25-21(2,3)4)26-12-9-16(13-17(26)24-18)20(27)23-11-10-22/h5-9,12-13,25H,10-11,22H2,1-4H3,(H,23,27). The van der Waals surface area contributed by atoms with Gasteiger partial charge in [-0.1, -0.05) is 29.8 Å². The van der Waals surface area contributed by atoms with E-state index in [4.69, 9.17) is 10.7 Å². The lowest BCUT2D eigenvalue weighted by atomic mass is 10.1. The second kappa shape index (κ2) is 7.40. The van der Waals surface area contributed by atoms with E-state index in [0.717, 1.165) is 22.7 Å². The monoisotopic (exact) mass is 365 g/mol. The summed E-state index contributed by atoms with van der Waals surface area (Å²) < 4.78 is 1.99. The Morgan fingerprint density at radius 1 is 1.19 bits per heavy atom. The molecule has 0 saturated carbocycles. The zero-order valence-electron chi connectivity index (χ0n) is 16.3. The number of imidazole rings is 1. The molecule has 3 rings (SSSR count). The van der Waals surface area contributed by atoms with Crippen LogP contribution in [0.5, 0.6) is 0 Å². The maximum absolute atomic E-state index is 12.3. The van der Waals surface area contributed by atoms with E-state index in [2.05, 4.69) is 62.6 Å². The minimum atomic E-state index is -0.145. The van der Waals surface area contributed by atoms with Crippen molar-refractivity contribution in [3.63, 3.8) is 0 Å². The van der Waals surface area contributed by atoms with Gasteiger partial charge in [-0.25, -0.2) is 4.98 Å². The lowest BCUT2D eigenvalue weighted by Gasteiger charge is -2.22. The smallest absolute Gasteiger partial charge is 0.251 e. The fourth-order valence-corrected chi connectivity index (χ4v) is 2.86. The maximum atomic E-state index is 12.3. The zero-order valence-corrected chi connectivity index (χ0v) is 16.3. The van der Waals surface area contributed by atoms with Crippen LogP contribution < -0.4 is 16.4 Å². The first-order valence-corrected chi connectivity index (χ1v) is 9.14. The Labute approximate surface area is 159 Å². The Hall–Kier alpha value is -2.86. The summed E-state index contributed by atoms with van der Waals surface area (Å²) in [6.07, 6.45) is 1.88. The maximum Gasteiger partial charge on any atom is 0.251 e. The van der Waals surface area contributed by atoms with E-state index in [9.17, 15) is 4.79 Å². The van der Waals surface area contributed by atoms with Crippen LogP contribution in [0.4, 0.5) is 5.82 Å². The van der Waals surface area contributed by atoms with Gasteiger partial charge in [0.2, 0.25) is 0 Å². The van der Waals surface area contributed by atoms with Crippen LogP contribution in [0.1, 0.15) is 36.7 Å². The van der Waals surface area contributed by atoms with Crippen LogP contribution in [0.25, 0.3) is 16.9 Å². The molecule has 2 heterocycles. The minimum absolute atomic E-state index is 0.132. The van der Waals surface area contributed by atoms with Crippen LogP contribution in [0.3, 0.4) is 0 Å². The summed E-state index contributed by atoms with van der Waals surface area (Å²) in [5.41, 5.74) is 9.72. The largest absolute Gasteiger partial charge is 0.365 e. The molecule has 4 N–H and O–H groups in total. The molecule has 3 aromatic rings. The molecular formula is C21H27N5O. The normalized spacial score (nSPS) is 11.6. The third-order valence-corrected chi connectivity index (χ3v) is 4.14. The lowest BCUT2D eigenvalue weighted by Crippen LogP contribution is -2.29. The number of pyridine rings is 1. The van der Waals surface area contributed by atoms with Gasteiger partial charge in [0.15, 0.2) is 0 Å². The molecule has 0 aliphatic rings. The van der Waals surface area contributed by atoms with E-state index in [1.54, 1.807) is 12.1 Å². The number of fused-ring (bicyclic) bond motifs is 1. The van der Waals surface area contributed by atoms with Gasteiger partial charge in [-0.3, -0.25) is 9.20 Å². The predicted octanol–water partition coefficient (Wildman–Crippen LogP) is 3.21. The fraction of sp³-hybridized carbons (Fsp3) is 0.333. The molecule has 6 nitrogen and oxygen atoms in total. The lowest BCUT2D eigenvalue weighted by molar-refractivity contribution is 0.0954. The van der Waals surface area contributed by atoms with Gasteiger partial charge in [0, 0.05) is 36.0 Å². The number of carbonyl (C=O) groups is 1. The van der Waals surface area contributed by atoms with E-state index in [1.807, 2.05) is 10.6 Å². The topological polar surface area (TPSA) is 84.5 Å². The number of amides is 1. The number of rotatable bonds is 5. The van der Waals surface area contributed by atoms with E-state index in [-0.39, 0.29) is 11.4 Å². The number of nitrogens with two attached hydrogens (primary N) is 1. The summed E-state index contributed by atoms with van der Waals surface area (Å²) in [5, 5.41) is 6.35. The average molecular weight is 365 g/mol. The minimum Gasteiger partial charge on any atom is -0.365 e. The van der Waals surface area contributed by atoms with Crippen molar-refractivity contribution in [1.82, 2.24) is 14.7 Å². The van der Waals surface area contributed by atoms with Crippen molar-refractivity contribution in [3.8, 4) is 11.3 Å². The van der Waals surface area contributed by atoms with Gasteiger partial charge >= 0.3 is 0 Å². The van der Waals surface area contributed by atoms with Crippen molar-refractivity contribution < 1.29 is 4.79 Å². The van der Waals surface area contributed by atoms with Gasteiger partial charge in [-0.2, -0.15) is 0 Å². The molecule has 0 aliphatic carbocycles. The van der Waals surface area contributed by atoms with Crippen LogP contribution in [0, 0.1) is 6.92 Å². The third-order valence-electron chi connectivity index (χ3n) is 4.14. The molecule has 1 amide bonds. The summed E-state index contributed by atoms with van der Waals surface area (Å²) in [5.74, 6) is 0.767. The SMILES string of the molecule is Cc1ccc(-c2nc3cc(C(=O)NCCN)ccn3c2NC(C)(C)C)cc1. The molecule has 6 heteroatoms. The number of anilines is 1. The van der Waals surface area contributed by atoms with Gasteiger partial charge in [0.25, 0.3) is 5.91 Å². The average Bonchev–Trinajstić information content (AvgIpc) is 2.96.